The molecule has 0 aliphatic carbocycles. The van der Waals surface area contributed by atoms with E-state index < -0.39 is 0 Å². The minimum Gasteiger partial charge on any atom is -0.302 e. The highest BCUT2D eigenvalue weighted by Crippen LogP contribution is 2.33. The number of fused-ring (bicyclic) bond motifs is 2. The number of thioether (sulfide) groups is 1. The molecule has 4 aromatic rings. The molecule has 5 rings (SSSR count). The van der Waals surface area contributed by atoms with Gasteiger partial charge in [-0.25, -0.2) is 14.6 Å². The third-order valence-electron chi connectivity index (χ3n) is 5.21. The maximum Gasteiger partial charge on any atom is 0.265 e. The zero-order valence-corrected chi connectivity index (χ0v) is 18.0. The van der Waals surface area contributed by atoms with Gasteiger partial charge in [0.05, 0.1) is 17.9 Å². The minimum absolute atomic E-state index is 0.165. The maximum atomic E-state index is 13.2. The van der Waals surface area contributed by atoms with Gasteiger partial charge in [0, 0.05) is 23.8 Å². The first-order chi connectivity index (χ1) is 14.5. The Labute approximate surface area is 180 Å². The van der Waals surface area contributed by atoms with E-state index >= 15 is 0 Å². The molecule has 1 N–H and O–H groups in total. The van der Waals surface area contributed by atoms with Crippen molar-refractivity contribution in [2.45, 2.75) is 31.5 Å². The number of amides is 1. The number of hydrogen-bond acceptors (Lipinski definition) is 7. The first-order valence-corrected chi connectivity index (χ1v) is 11.3. The standard InChI is InChI=1S/C20H18N6O2S2/c1-11-3-4-13(7-12(11)2)26-17-15(9-22-26)18(28)25-14(10-30-20(25)24-17)8-16(27)23-19-21-5-6-29-19/h3-7,9,14H,8,10H2,1-2H3,(H,21,23,27). The number of nitrogens with zero attached hydrogens (tertiary/aromatic N) is 5. The largest absolute Gasteiger partial charge is 0.302 e. The second-order valence-electron chi connectivity index (χ2n) is 7.19. The molecule has 30 heavy (non-hydrogen) atoms. The third-order valence-corrected chi connectivity index (χ3v) is 6.99. The van der Waals surface area contributed by atoms with Gasteiger partial charge in [0.1, 0.15) is 5.39 Å². The van der Waals surface area contributed by atoms with Crippen LogP contribution in [-0.2, 0) is 4.79 Å². The fraction of sp³-hybridized carbons (Fsp3) is 0.250. The smallest absolute Gasteiger partial charge is 0.265 e. The van der Waals surface area contributed by atoms with E-state index in [0.717, 1.165) is 11.3 Å². The monoisotopic (exact) mass is 438 g/mol. The lowest BCUT2D eigenvalue weighted by Gasteiger charge is -2.13. The Morgan fingerprint density at radius 3 is 2.93 bits per heavy atom. The van der Waals surface area contributed by atoms with E-state index in [9.17, 15) is 9.59 Å². The van der Waals surface area contributed by atoms with E-state index in [-0.39, 0.29) is 23.9 Å². The topological polar surface area (TPSA) is 94.7 Å². The zero-order chi connectivity index (χ0) is 20.8. The summed E-state index contributed by atoms with van der Waals surface area (Å²) in [5, 5.41) is 10.6. The Balaban J connectivity index is 1.49. The lowest BCUT2D eigenvalue weighted by Crippen LogP contribution is -2.27. The molecule has 0 radical (unpaired) electrons. The van der Waals surface area contributed by atoms with Crippen LogP contribution in [0.5, 0.6) is 0 Å². The molecule has 0 saturated carbocycles. The van der Waals surface area contributed by atoms with Crippen LogP contribution in [0.25, 0.3) is 16.7 Å². The highest BCUT2D eigenvalue weighted by molar-refractivity contribution is 7.99. The number of rotatable bonds is 4. The Bertz CT molecular complexity index is 1330. The van der Waals surface area contributed by atoms with Gasteiger partial charge in [0.15, 0.2) is 15.9 Å². The number of anilines is 1. The number of nitrogens with one attached hydrogen (secondary N) is 1. The average Bonchev–Trinajstić information content (AvgIpc) is 3.45. The van der Waals surface area contributed by atoms with Crippen LogP contribution in [-0.4, -0.2) is 36.0 Å². The molecular formula is C20H18N6O2S2. The summed E-state index contributed by atoms with van der Waals surface area (Å²) in [6.07, 6.45) is 3.39. The van der Waals surface area contributed by atoms with Gasteiger partial charge in [0.2, 0.25) is 5.91 Å². The number of aryl methyl sites for hydroxylation is 2. The fourth-order valence-corrected chi connectivity index (χ4v) is 5.17. The van der Waals surface area contributed by atoms with Crippen LogP contribution >= 0.6 is 23.1 Å². The number of hydrogen-bond donors (Lipinski definition) is 1. The van der Waals surface area contributed by atoms with E-state index in [1.807, 2.05) is 25.1 Å². The molecule has 0 spiro atoms. The van der Waals surface area contributed by atoms with Crippen molar-refractivity contribution in [3.8, 4) is 5.69 Å². The van der Waals surface area contributed by atoms with Gasteiger partial charge >= 0.3 is 0 Å². The second kappa shape index (κ2) is 7.37. The predicted molar refractivity (Wildman–Crippen MR) is 118 cm³/mol. The first kappa shape index (κ1) is 19.0. The van der Waals surface area contributed by atoms with Gasteiger partial charge in [0.25, 0.3) is 5.56 Å². The number of aromatic nitrogens is 5. The average molecular weight is 439 g/mol. The molecule has 10 heteroatoms. The number of carbonyl (C=O) groups excluding carboxylic acids is 1. The van der Waals surface area contributed by atoms with E-state index in [0.29, 0.717) is 27.1 Å². The lowest BCUT2D eigenvalue weighted by molar-refractivity contribution is -0.116. The van der Waals surface area contributed by atoms with Crippen molar-refractivity contribution in [1.29, 1.82) is 0 Å². The van der Waals surface area contributed by atoms with Crippen LogP contribution in [0.3, 0.4) is 0 Å². The molecule has 4 heterocycles. The van der Waals surface area contributed by atoms with E-state index in [1.165, 1.54) is 28.7 Å². The van der Waals surface area contributed by atoms with Crippen LogP contribution < -0.4 is 10.9 Å². The summed E-state index contributed by atoms with van der Waals surface area (Å²) >= 11 is 2.85. The Kier molecular flexibility index (Phi) is 4.67. The summed E-state index contributed by atoms with van der Waals surface area (Å²) < 4.78 is 3.33. The van der Waals surface area contributed by atoms with Crippen molar-refractivity contribution in [2.24, 2.45) is 0 Å². The molecule has 1 aliphatic heterocycles. The number of thiazole rings is 1. The Morgan fingerprint density at radius 1 is 1.30 bits per heavy atom. The molecule has 3 aromatic heterocycles. The summed E-state index contributed by atoms with van der Waals surface area (Å²) in [4.78, 5) is 34.4. The van der Waals surface area contributed by atoms with Crippen LogP contribution in [0.2, 0.25) is 0 Å². The summed E-state index contributed by atoms with van der Waals surface area (Å²) in [6.45, 7) is 4.10. The summed E-state index contributed by atoms with van der Waals surface area (Å²) in [7, 11) is 0. The van der Waals surface area contributed by atoms with E-state index in [2.05, 4.69) is 22.3 Å². The normalized spacial score (nSPS) is 15.5. The zero-order valence-electron chi connectivity index (χ0n) is 16.3. The summed E-state index contributed by atoms with van der Waals surface area (Å²) in [6, 6.07) is 5.79. The third kappa shape index (κ3) is 3.21. The van der Waals surface area contributed by atoms with Crippen molar-refractivity contribution in [1.82, 2.24) is 24.3 Å². The van der Waals surface area contributed by atoms with Gasteiger partial charge in [-0.15, -0.1) is 11.3 Å². The number of benzene rings is 1. The Morgan fingerprint density at radius 2 is 2.17 bits per heavy atom. The van der Waals surface area contributed by atoms with E-state index in [1.54, 1.807) is 27.0 Å². The van der Waals surface area contributed by atoms with Gasteiger partial charge < -0.3 is 5.32 Å². The molecular weight excluding hydrogens is 420 g/mol. The quantitative estimate of drug-likeness (QED) is 0.491. The van der Waals surface area contributed by atoms with Gasteiger partial charge in [-0.2, -0.15) is 5.10 Å². The fourth-order valence-electron chi connectivity index (χ4n) is 3.50. The highest BCUT2D eigenvalue weighted by Gasteiger charge is 2.29. The molecule has 1 aromatic carbocycles. The molecule has 1 amide bonds. The molecule has 1 unspecified atom stereocenters. The van der Waals surface area contributed by atoms with Crippen LogP contribution in [0.4, 0.5) is 5.13 Å². The summed E-state index contributed by atoms with van der Waals surface area (Å²) in [5.41, 5.74) is 3.58. The van der Waals surface area contributed by atoms with Crippen LogP contribution in [0, 0.1) is 13.8 Å². The molecule has 152 valence electrons. The minimum atomic E-state index is -0.251. The van der Waals surface area contributed by atoms with Crippen molar-refractivity contribution in [3.63, 3.8) is 0 Å². The summed E-state index contributed by atoms with van der Waals surface area (Å²) in [5.74, 6) is 0.457. The molecule has 1 aliphatic rings. The molecule has 0 fully saturated rings. The van der Waals surface area contributed by atoms with Crippen molar-refractivity contribution < 1.29 is 4.79 Å². The first-order valence-electron chi connectivity index (χ1n) is 9.41. The number of carbonyl (C=O) groups is 1. The van der Waals surface area contributed by atoms with Crippen LogP contribution in [0.1, 0.15) is 23.6 Å². The maximum absolute atomic E-state index is 13.2. The second-order valence-corrected chi connectivity index (χ2v) is 9.07. The molecule has 8 nitrogen and oxygen atoms in total. The van der Waals surface area contributed by atoms with Gasteiger partial charge in [-0.1, -0.05) is 17.8 Å². The van der Waals surface area contributed by atoms with E-state index in [4.69, 9.17) is 4.98 Å². The van der Waals surface area contributed by atoms with Crippen molar-refractivity contribution >= 4 is 45.2 Å². The SMILES string of the molecule is Cc1ccc(-n2ncc3c(=O)n4c(nc32)SCC4CC(=O)Nc2nccs2)cc1C. The predicted octanol–water partition coefficient (Wildman–Crippen LogP) is 3.33. The van der Waals surface area contributed by atoms with Crippen molar-refractivity contribution in [3.05, 3.63) is 57.5 Å². The molecule has 0 bridgehead atoms. The Hall–Kier alpha value is -2.98. The van der Waals surface area contributed by atoms with Gasteiger partial charge in [-0.3, -0.25) is 14.2 Å². The van der Waals surface area contributed by atoms with Gasteiger partial charge in [-0.05, 0) is 37.1 Å². The van der Waals surface area contributed by atoms with Crippen molar-refractivity contribution in [2.75, 3.05) is 11.1 Å². The molecule has 1 atom stereocenters. The lowest BCUT2D eigenvalue weighted by atomic mass is 10.1. The molecule has 0 saturated heterocycles. The highest BCUT2D eigenvalue weighted by atomic mass is 32.2. The van der Waals surface area contributed by atoms with Crippen LogP contribution in [0.15, 0.2) is 45.9 Å².